The van der Waals surface area contributed by atoms with Crippen molar-refractivity contribution < 1.29 is 4.79 Å². The number of hydrogen-bond donors (Lipinski definition) is 0. The highest BCUT2D eigenvalue weighted by Gasteiger charge is 2.32. The number of rotatable bonds is 4. The highest BCUT2D eigenvalue weighted by atomic mass is 32.2. The molecule has 5 heteroatoms. The van der Waals surface area contributed by atoms with Crippen LogP contribution in [0.5, 0.6) is 0 Å². The van der Waals surface area contributed by atoms with E-state index >= 15 is 0 Å². The van der Waals surface area contributed by atoms with E-state index in [9.17, 15) is 4.79 Å². The number of aromatic nitrogens is 1. The van der Waals surface area contributed by atoms with E-state index in [1.807, 2.05) is 54.6 Å². The Hall–Kier alpha value is -2.63. The molecule has 3 nitrogen and oxygen atoms in total. The van der Waals surface area contributed by atoms with Gasteiger partial charge in [-0.2, -0.15) is 0 Å². The Bertz CT molecular complexity index is 1070. The van der Waals surface area contributed by atoms with Crippen LogP contribution in [0.1, 0.15) is 22.5 Å². The first-order valence-corrected chi connectivity index (χ1v) is 10.3. The summed E-state index contributed by atoms with van der Waals surface area (Å²) in [6.45, 7) is 4.67. The number of hydrogen-bond acceptors (Lipinski definition) is 3. The number of para-hydroxylation sites is 1. The van der Waals surface area contributed by atoms with Gasteiger partial charge in [-0.15, -0.1) is 0 Å². The standard InChI is InChI=1S/C23H20N2OS2/c1-16-13-19(17(2)25(16)20-11-7-4-8-12-20)14-21-22(26)24(23(27)28-21)15-18-9-5-3-6-10-18/h3-14H,15H2,1-2H3. The molecule has 0 saturated carbocycles. The molecule has 0 radical (unpaired) electrons. The Morgan fingerprint density at radius 2 is 1.64 bits per heavy atom. The van der Waals surface area contributed by atoms with E-state index in [4.69, 9.17) is 12.2 Å². The first-order valence-electron chi connectivity index (χ1n) is 9.08. The fraction of sp³-hybridized carbons (Fsp3) is 0.130. The molecule has 0 N–H and O–H groups in total. The third kappa shape index (κ3) is 3.55. The monoisotopic (exact) mass is 404 g/mol. The van der Waals surface area contributed by atoms with Gasteiger partial charge in [-0.25, -0.2) is 0 Å². The minimum Gasteiger partial charge on any atom is -0.318 e. The second kappa shape index (κ2) is 7.78. The number of nitrogens with zero attached hydrogens (tertiary/aromatic N) is 2. The summed E-state index contributed by atoms with van der Waals surface area (Å²) in [5.74, 6) is -0.0247. The summed E-state index contributed by atoms with van der Waals surface area (Å²) in [5, 5.41) is 0. The lowest BCUT2D eigenvalue weighted by molar-refractivity contribution is -0.122. The summed E-state index contributed by atoms with van der Waals surface area (Å²) in [4.78, 5) is 15.3. The lowest BCUT2D eigenvalue weighted by Crippen LogP contribution is -2.27. The number of carbonyl (C=O) groups is 1. The summed E-state index contributed by atoms with van der Waals surface area (Å²) in [7, 11) is 0. The van der Waals surface area contributed by atoms with Gasteiger partial charge in [-0.05, 0) is 49.2 Å². The number of aryl methyl sites for hydroxylation is 1. The van der Waals surface area contributed by atoms with E-state index in [1.54, 1.807) is 4.90 Å². The molecule has 4 rings (SSSR count). The average Bonchev–Trinajstić information content (AvgIpc) is 3.13. The molecule has 1 aliphatic heterocycles. The van der Waals surface area contributed by atoms with Crippen molar-refractivity contribution in [3.8, 4) is 5.69 Å². The van der Waals surface area contributed by atoms with Gasteiger partial charge in [-0.3, -0.25) is 9.69 Å². The van der Waals surface area contributed by atoms with E-state index in [0.717, 1.165) is 28.2 Å². The second-order valence-electron chi connectivity index (χ2n) is 6.75. The predicted octanol–water partition coefficient (Wildman–Crippen LogP) is 5.50. The van der Waals surface area contributed by atoms with E-state index in [1.165, 1.54) is 11.8 Å². The molecule has 1 aliphatic rings. The Balaban J connectivity index is 1.63. The van der Waals surface area contributed by atoms with Gasteiger partial charge in [0.05, 0.1) is 11.4 Å². The Labute approximate surface area is 174 Å². The molecule has 0 unspecified atom stereocenters. The van der Waals surface area contributed by atoms with Crippen molar-refractivity contribution in [2.24, 2.45) is 0 Å². The Morgan fingerprint density at radius 3 is 2.32 bits per heavy atom. The van der Waals surface area contributed by atoms with Crippen LogP contribution >= 0.6 is 24.0 Å². The summed E-state index contributed by atoms with van der Waals surface area (Å²) in [6.07, 6.45) is 1.96. The van der Waals surface area contributed by atoms with Gasteiger partial charge in [0.25, 0.3) is 5.91 Å². The molecular weight excluding hydrogens is 384 g/mol. The van der Waals surface area contributed by atoms with Crippen molar-refractivity contribution in [2.75, 3.05) is 0 Å². The topological polar surface area (TPSA) is 25.2 Å². The lowest BCUT2D eigenvalue weighted by atomic mass is 10.2. The minimum absolute atomic E-state index is 0.0247. The number of thioether (sulfide) groups is 1. The number of amides is 1. The van der Waals surface area contributed by atoms with Crippen molar-refractivity contribution in [3.63, 3.8) is 0 Å². The highest BCUT2D eigenvalue weighted by molar-refractivity contribution is 8.26. The van der Waals surface area contributed by atoms with Crippen LogP contribution in [0.4, 0.5) is 0 Å². The maximum Gasteiger partial charge on any atom is 0.266 e. The molecule has 140 valence electrons. The van der Waals surface area contributed by atoms with Crippen LogP contribution in [-0.2, 0) is 11.3 Å². The van der Waals surface area contributed by atoms with Gasteiger partial charge >= 0.3 is 0 Å². The van der Waals surface area contributed by atoms with Crippen LogP contribution in [0.25, 0.3) is 11.8 Å². The zero-order valence-corrected chi connectivity index (χ0v) is 17.4. The molecule has 1 amide bonds. The molecule has 2 aromatic carbocycles. The van der Waals surface area contributed by atoms with Crippen molar-refractivity contribution >= 4 is 40.3 Å². The quantitative estimate of drug-likeness (QED) is 0.424. The fourth-order valence-corrected chi connectivity index (χ4v) is 4.70. The third-order valence-electron chi connectivity index (χ3n) is 4.83. The van der Waals surface area contributed by atoms with E-state index in [2.05, 4.69) is 36.6 Å². The average molecular weight is 405 g/mol. The SMILES string of the molecule is Cc1cc(C=C2SC(=S)N(Cc3ccccc3)C2=O)c(C)n1-c1ccccc1. The van der Waals surface area contributed by atoms with Crippen LogP contribution in [0, 0.1) is 13.8 Å². The lowest BCUT2D eigenvalue weighted by Gasteiger charge is -2.14. The number of benzene rings is 2. The van der Waals surface area contributed by atoms with E-state index < -0.39 is 0 Å². The summed E-state index contributed by atoms with van der Waals surface area (Å²) in [6, 6.07) is 22.3. The molecule has 2 heterocycles. The van der Waals surface area contributed by atoms with Gasteiger partial charge < -0.3 is 4.57 Å². The van der Waals surface area contributed by atoms with E-state index in [0.29, 0.717) is 15.8 Å². The van der Waals surface area contributed by atoms with Crippen molar-refractivity contribution in [1.82, 2.24) is 9.47 Å². The van der Waals surface area contributed by atoms with Crippen LogP contribution in [-0.4, -0.2) is 19.7 Å². The fourth-order valence-electron chi connectivity index (χ4n) is 3.45. The van der Waals surface area contributed by atoms with Crippen LogP contribution in [0.2, 0.25) is 0 Å². The molecule has 28 heavy (non-hydrogen) atoms. The van der Waals surface area contributed by atoms with E-state index in [-0.39, 0.29) is 5.91 Å². The Morgan fingerprint density at radius 1 is 1.00 bits per heavy atom. The molecule has 0 atom stereocenters. The van der Waals surface area contributed by atoms with Crippen molar-refractivity contribution in [3.05, 3.63) is 94.1 Å². The van der Waals surface area contributed by atoms with Gasteiger partial charge in [0, 0.05) is 17.1 Å². The molecule has 1 aromatic heterocycles. The second-order valence-corrected chi connectivity index (χ2v) is 8.43. The summed E-state index contributed by atoms with van der Waals surface area (Å²) >= 11 is 6.85. The molecular formula is C23H20N2OS2. The maximum absolute atomic E-state index is 12.9. The number of carbonyl (C=O) groups excluding carboxylic acids is 1. The van der Waals surface area contributed by atoms with Crippen molar-refractivity contribution in [2.45, 2.75) is 20.4 Å². The predicted molar refractivity (Wildman–Crippen MR) is 120 cm³/mol. The smallest absolute Gasteiger partial charge is 0.266 e. The third-order valence-corrected chi connectivity index (χ3v) is 6.21. The minimum atomic E-state index is -0.0247. The van der Waals surface area contributed by atoms with Gasteiger partial charge in [0.2, 0.25) is 0 Å². The van der Waals surface area contributed by atoms with Crippen molar-refractivity contribution in [1.29, 1.82) is 0 Å². The van der Waals surface area contributed by atoms with Crippen LogP contribution in [0.15, 0.2) is 71.6 Å². The molecule has 1 saturated heterocycles. The first-order chi connectivity index (χ1) is 13.5. The van der Waals surface area contributed by atoms with Crippen LogP contribution in [0.3, 0.4) is 0 Å². The van der Waals surface area contributed by atoms with Gasteiger partial charge in [0.1, 0.15) is 4.32 Å². The summed E-state index contributed by atoms with van der Waals surface area (Å²) < 4.78 is 2.81. The molecule has 3 aromatic rings. The maximum atomic E-state index is 12.9. The molecule has 0 spiro atoms. The largest absolute Gasteiger partial charge is 0.318 e. The number of thiocarbonyl (C=S) groups is 1. The van der Waals surface area contributed by atoms with Crippen LogP contribution < -0.4 is 0 Å². The normalized spacial score (nSPS) is 15.6. The molecule has 0 aliphatic carbocycles. The Kier molecular flexibility index (Phi) is 5.20. The molecule has 0 bridgehead atoms. The highest BCUT2D eigenvalue weighted by Crippen LogP contribution is 2.34. The van der Waals surface area contributed by atoms with Gasteiger partial charge in [-0.1, -0.05) is 72.5 Å². The van der Waals surface area contributed by atoms with Gasteiger partial charge in [0.15, 0.2) is 0 Å². The first kappa shape index (κ1) is 18.7. The molecule has 1 fully saturated rings. The summed E-state index contributed by atoms with van der Waals surface area (Å²) in [5.41, 5.74) is 5.48. The zero-order chi connectivity index (χ0) is 19.7. The zero-order valence-electron chi connectivity index (χ0n) is 15.8.